The maximum absolute atomic E-state index is 9.08. The van der Waals surface area contributed by atoms with Gasteiger partial charge in [0.2, 0.25) is 5.95 Å². The zero-order chi connectivity index (χ0) is 12.9. The van der Waals surface area contributed by atoms with Gasteiger partial charge in [0.25, 0.3) is 0 Å². The van der Waals surface area contributed by atoms with Crippen LogP contribution < -0.4 is 10.6 Å². The second-order valence-corrected chi connectivity index (χ2v) is 5.01. The van der Waals surface area contributed by atoms with Crippen molar-refractivity contribution in [3.63, 3.8) is 0 Å². The van der Waals surface area contributed by atoms with E-state index >= 15 is 0 Å². The molecular formula is C11H19BrN4O. The molecule has 0 aliphatic rings. The van der Waals surface area contributed by atoms with E-state index < -0.39 is 0 Å². The van der Waals surface area contributed by atoms with Gasteiger partial charge in [-0.25, -0.2) is 4.98 Å². The summed E-state index contributed by atoms with van der Waals surface area (Å²) in [5.74, 6) is 1.31. The number of hydrogen-bond acceptors (Lipinski definition) is 5. The van der Waals surface area contributed by atoms with Gasteiger partial charge in [-0.2, -0.15) is 4.98 Å². The fourth-order valence-corrected chi connectivity index (χ4v) is 1.73. The van der Waals surface area contributed by atoms with Crippen LogP contribution in [0.2, 0.25) is 0 Å². The summed E-state index contributed by atoms with van der Waals surface area (Å²) < 4.78 is 0.814. The molecule has 0 aliphatic carbocycles. The number of rotatable bonds is 6. The van der Waals surface area contributed by atoms with Crippen molar-refractivity contribution in [1.29, 1.82) is 0 Å². The summed E-state index contributed by atoms with van der Waals surface area (Å²) in [6.45, 7) is 4.30. The predicted molar refractivity (Wildman–Crippen MR) is 73.3 cm³/mol. The van der Waals surface area contributed by atoms with Gasteiger partial charge in [0.1, 0.15) is 5.82 Å². The summed E-state index contributed by atoms with van der Waals surface area (Å²) in [7, 11) is 1.78. The van der Waals surface area contributed by atoms with Gasteiger partial charge in [-0.1, -0.05) is 6.92 Å². The predicted octanol–water partition coefficient (Wildman–Crippen LogP) is 2.24. The van der Waals surface area contributed by atoms with Crippen molar-refractivity contribution in [2.75, 3.05) is 24.3 Å². The molecule has 96 valence electrons. The number of nitrogens with one attached hydrogen (secondary N) is 2. The zero-order valence-corrected chi connectivity index (χ0v) is 12.0. The van der Waals surface area contributed by atoms with E-state index in [9.17, 15) is 0 Å². The van der Waals surface area contributed by atoms with Crippen LogP contribution >= 0.6 is 15.9 Å². The molecule has 0 radical (unpaired) electrons. The molecule has 1 rings (SSSR count). The molecule has 0 aromatic carbocycles. The normalized spacial score (nSPS) is 14.2. The van der Waals surface area contributed by atoms with Gasteiger partial charge in [-0.3, -0.25) is 0 Å². The number of aliphatic hydroxyl groups excluding tert-OH is 1. The zero-order valence-electron chi connectivity index (χ0n) is 10.4. The highest BCUT2D eigenvalue weighted by Gasteiger charge is 2.22. The van der Waals surface area contributed by atoms with E-state index in [1.807, 2.05) is 0 Å². The largest absolute Gasteiger partial charge is 0.396 e. The van der Waals surface area contributed by atoms with Crippen molar-refractivity contribution in [2.24, 2.45) is 0 Å². The van der Waals surface area contributed by atoms with Crippen molar-refractivity contribution < 1.29 is 5.11 Å². The minimum atomic E-state index is -0.170. The van der Waals surface area contributed by atoms with Gasteiger partial charge in [0, 0.05) is 25.4 Å². The lowest BCUT2D eigenvalue weighted by Crippen LogP contribution is -2.35. The SMILES string of the molecule is CCC(C)(CCO)Nc1nc(NC)ncc1Br. The number of aromatic nitrogens is 2. The first-order chi connectivity index (χ1) is 8.04. The Morgan fingerprint density at radius 3 is 2.76 bits per heavy atom. The van der Waals surface area contributed by atoms with Crippen molar-refractivity contribution in [3.05, 3.63) is 10.7 Å². The summed E-state index contributed by atoms with van der Waals surface area (Å²) >= 11 is 3.41. The Balaban J connectivity index is 2.92. The summed E-state index contributed by atoms with van der Waals surface area (Å²) in [4.78, 5) is 8.44. The Labute approximate surface area is 110 Å². The van der Waals surface area contributed by atoms with Crippen LogP contribution in [-0.4, -0.2) is 34.3 Å². The monoisotopic (exact) mass is 302 g/mol. The lowest BCUT2D eigenvalue weighted by atomic mass is 9.95. The summed E-state index contributed by atoms with van der Waals surface area (Å²) in [6, 6.07) is 0. The number of hydrogen-bond donors (Lipinski definition) is 3. The van der Waals surface area contributed by atoms with E-state index in [0.29, 0.717) is 12.4 Å². The maximum Gasteiger partial charge on any atom is 0.224 e. The summed E-state index contributed by atoms with van der Waals surface area (Å²) in [6.07, 6.45) is 3.28. The van der Waals surface area contributed by atoms with Crippen molar-refractivity contribution in [2.45, 2.75) is 32.2 Å². The van der Waals surface area contributed by atoms with Gasteiger partial charge in [0.15, 0.2) is 0 Å². The van der Waals surface area contributed by atoms with Crippen LogP contribution in [0.5, 0.6) is 0 Å². The fourth-order valence-electron chi connectivity index (χ4n) is 1.44. The van der Waals surface area contributed by atoms with Gasteiger partial charge in [-0.15, -0.1) is 0 Å². The third-order valence-electron chi connectivity index (χ3n) is 2.83. The van der Waals surface area contributed by atoms with E-state index in [2.05, 4.69) is 50.4 Å². The Morgan fingerprint density at radius 2 is 2.24 bits per heavy atom. The quantitative estimate of drug-likeness (QED) is 0.752. The van der Waals surface area contributed by atoms with Crippen LogP contribution in [0.4, 0.5) is 11.8 Å². The van der Waals surface area contributed by atoms with Crippen molar-refractivity contribution >= 4 is 27.7 Å². The first kappa shape index (κ1) is 14.2. The highest BCUT2D eigenvalue weighted by atomic mass is 79.9. The second-order valence-electron chi connectivity index (χ2n) is 4.15. The van der Waals surface area contributed by atoms with Gasteiger partial charge in [-0.05, 0) is 35.7 Å². The number of anilines is 2. The molecule has 1 unspecified atom stereocenters. The van der Waals surface area contributed by atoms with Gasteiger partial charge >= 0.3 is 0 Å². The van der Waals surface area contributed by atoms with Crippen LogP contribution in [0.1, 0.15) is 26.7 Å². The average Bonchev–Trinajstić information content (AvgIpc) is 2.32. The molecule has 1 aromatic heterocycles. The molecule has 3 N–H and O–H groups in total. The number of halogens is 1. The molecule has 1 atom stereocenters. The van der Waals surface area contributed by atoms with Gasteiger partial charge < -0.3 is 15.7 Å². The molecule has 0 spiro atoms. The van der Waals surface area contributed by atoms with Crippen LogP contribution in [0.15, 0.2) is 10.7 Å². The topological polar surface area (TPSA) is 70.1 Å². The Kier molecular flexibility index (Phi) is 5.14. The van der Waals surface area contributed by atoms with E-state index in [0.717, 1.165) is 16.7 Å². The minimum absolute atomic E-state index is 0.152. The molecule has 1 aromatic rings. The average molecular weight is 303 g/mol. The molecule has 17 heavy (non-hydrogen) atoms. The van der Waals surface area contributed by atoms with Crippen LogP contribution in [-0.2, 0) is 0 Å². The maximum atomic E-state index is 9.08. The molecule has 0 saturated carbocycles. The highest BCUT2D eigenvalue weighted by molar-refractivity contribution is 9.10. The fraction of sp³-hybridized carbons (Fsp3) is 0.636. The lowest BCUT2D eigenvalue weighted by Gasteiger charge is -2.30. The molecule has 0 bridgehead atoms. The summed E-state index contributed by atoms with van der Waals surface area (Å²) in [5.41, 5.74) is -0.170. The van der Waals surface area contributed by atoms with E-state index in [1.165, 1.54) is 0 Å². The molecule has 0 amide bonds. The molecule has 5 nitrogen and oxygen atoms in total. The van der Waals surface area contributed by atoms with Gasteiger partial charge in [0.05, 0.1) is 4.47 Å². The number of nitrogens with zero attached hydrogens (tertiary/aromatic N) is 2. The Bertz CT molecular complexity index is 374. The van der Waals surface area contributed by atoms with E-state index in [4.69, 9.17) is 5.11 Å². The molecule has 1 heterocycles. The molecule has 0 aliphatic heterocycles. The van der Waals surface area contributed by atoms with Crippen molar-refractivity contribution in [3.8, 4) is 0 Å². The molecule has 0 saturated heterocycles. The third kappa shape index (κ3) is 3.81. The standard InChI is InChI=1S/C11H19BrN4O/c1-4-11(2,5-6-17)16-9-8(12)7-14-10(13-3)15-9/h7,17H,4-6H2,1-3H3,(H2,13,14,15,16). The number of aliphatic hydroxyl groups is 1. The third-order valence-corrected chi connectivity index (χ3v) is 3.41. The van der Waals surface area contributed by atoms with Crippen molar-refractivity contribution in [1.82, 2.24) is 9.97 Å². The van der Waals surface area contributed by atoms with Crippen LogP contribution in [0.25, 0.3) is 0 Å². The molecular weight excluding hydrogens is 284 g/mol. The second kappa shape index (κ2) is 6.16. The van der Waals surface area contributed by atoms with Crippen LogP contribution in [0.3, 0.4) is 0 Å². The van der Waals surface area contributed by atoms with Crippen LogP contribution in [0, 0.1) is 0 Å². The molecule has 6 heteroatoms. The lowest BCUT2D eigenvalue weighted by molar-refractivity contribution is 0.251. The Morgan fingerprint density at radius 1 is 1.53 bits per heavy atom. The highest BCUT2D eigenvalue weighted by Crippen LogP contribution is 2.26. The smallest absolute Gasteiger partial charge is 0.224 e. The summed E-state index contributed by atoms with van der Waals surface area (Å²) in [5, 5.41) is 15.3. The first-order valence-electron chi connectivity index (χ1n) is 5.64. The minimum Gasteiger partial charge on any atom is -0.396 e. The van der Waals surface area contributed by atoms with E-state index in [-0.39, 0.29) is 12.1 Å². The molecule has 0 fully saturated rings. The van der Waals surface area contributed by atoms with E-state index in [1.54, 1.807) is 13.2 Å². The Hall–Kier alpha value is -0.880. The first-order valence-corrected chi connectivity index (χ1v) is 6.43.